The molecular weight excluding hydrogens is 267 g/mol. The Morgan fingerprint density at radius 2 is 1.74 bits per heavy atom. The second-order valence-corrected chi connectivity index (χ2v) is 5.02. The monoisotopic (exact) mass is 285 g/mol. The van der Waals surface area contributed by atoms with E-state index in [0.717, 1.165) is 0 Å². The van der Waals surface area contributed by atoms with Gasteiger partial charge in [-0.25, -0.2) is 9.59 Å². The number of aliphatic carboxylic acids is 1. The Morgan fingerprint density at radius 1 is 1.26 bits per heavy atom. The third kappa shape index (κ3) is 6.30. The van der Waals surface area contributed by atoms with Crippen molar-refractivity contribution in [2.75, 3.05) is 0 Å². The number of carboxylic acids is 1. The quantitative estimate of drug-likeness (QED) is 0.832. The van der Waals surface area contributed by atoms with E-state index < -0.39 is 42.2 Å². The van der Waals surface area contributed by atoms with Crippen LogP contribution in [-0.4, -0.2) is 35.0 Å². The molecule has 0 bridgehead atoms. The molecule has 112 valence electrons. The fraction of sp³-hybridized carbons (Fsp3) is 0.818. The van der Waals surface area contributed by atoms with E-state index in [1.54, 1.807) is 5.32 Å². The summed E-state index contributed by atoms with van der Waals surface area (Å²) >= 11 is 0. The Labute approximate surface area is 109 Å². The van der Waals surface area contributed by atoms with Crippen molar-refractivity contribution >= 4 is 12.1 Å². The molecule has 2 N–H and O–H groups in total. The van der Waals surface area contributed by atoms with Crippen LogP contribution in [0.25, 0.3) is 0 Å². The molecule has 0 heterocycles. The summed E-state index contributed by atoms with van der Waals surface area (Å²) in [5, 5.41) is 10.6. The number of alkyl carbamates (subject to hydrolysis) is 1. The van der Waals surface area contributed by atoms with Crippen molar-refractivity contribution in [2.24, 2.45) is 5.92 Å². The van der Waals surface area contributed by atoms with Crippen molar-refractivity contribution in [2.45, 2.75) is 51.9 Å². The highest BCUT2D eigenvalue weighted by Crippen LogP contribution is 2.31. The van der Waals surface area contributed by atoms with Crippen molar-refractivity contribution in [3.05, 3.63) is 0 Å². The molecule has 0 spiro atoms. The maximum atomic E-state index is 12.7. The van der Waals surface area contributed by atoms with Gasteiger partial charge < -0.3 is 15.2 Å². The number of carboxylic acid groups (broad SMARTS) is 1. The second-order valence-electron chi connectivity index (χ2n) is 5.02. The van der Waals surface area contributed by atoms with Crippen molar-refractivity contribution in [1.29, 1.82) is 0 Å². The summed E-state index contributed by atoms with van der Waals surface area (Å²) < 4.78 is 42.7. The van der Waals surface area contributed by atoms with E-state index >= 15 is 0 Å². The number of hydrogen-bond donors (Lipinski definition) is 2. The minimum atomic E-state index is -4.72. The Balaban J connectivity index is 4.94. The van der Waals surface area contributed by atoms with Gasteiger partial charge in [-0.2, -0.15) is 13.2 Å². The SMILES string of the molecule is CCC(C(NC(=O)OC(C)(C)C)C(=O)O)C(F)(F)F. The van der Waals surface area contributed by atoms with Crippen LogP contribution in [0.2, 0.25) is 0 Å². The number of amides is 1. The smallest absolute Gasteiger partial charge is 0.408 e. The van der Waals surface area contributed by atoms with Crippen LogP contribution in [0.3, 0.4) is 0 Å². The zero-order chi connectivity index (χ0) is 15.4. The van der Waals surface area contributed by atoms with Gasteiger partial charge in [-0.05, 0) is 27.2 Å². The van der Waals surface area contributed by atoms with Crippen LogP contribution < -0.4 is 5.32 Å². The molecule has 0 aromatic rings. The van der Waals surface area contributed by atoms with Crippen LogP contribution in [0.15, 0.2) is 0 Å². The lowest BCUT2D eigenvalue weighted by atomic mass is 9.96. The number of carbonyl (C=O) groups is 2. The first-order valence-corrected chi connectivity index (χ1v) is 5.67. The van der Waals surface area contributed by atoms with Gasteiger partial charge in [-0.15, -0.1) is 0 Å². The Hall–Kier alpha value is -1.47. The summed E-state index contributed by atoms with van der Waals surface area (Å²) in [5.41, 5.74) is -0.924. The lowest BCUT2D eigenvalue weighted by Gasteiger charge is -2.27. The maximum Gasteiger partial charge on any atom is 0.408 e. The van der Waals surface area contributed by atoms with Crippen molar-refractivity contribution in [3.63, 3.8) is 0 Å². The number of carbonyl (C=O) groups excluding carboxylic acids is 1. The summed E-state index contributed by atoms with van der Waals surface area (Å²) in [7, 11) is 0. The molecule has 0 aromatic heterocycles. The van der Waals surface area contributed by atoms with E-state index in [0.29, 0.717) is 0 Å². The van der Waals surface area contributed by atoms with Crippen molar-refractivity contribution in [1.82, 2.24) is 5.32 Å². The van der Waals surface area contributed by atoms with Gasteiger partial charge in [0.05, 0.1) is 5.92 Å². The van der Waals surface area contributed by atoms with Crippen molar-refractivity contribution in [3.8, 4) is 0 Å². The summed E-state index contributed by atoms with van der Waals surface area (Å²) in [6.45, 7) is 5.75. The predicted octanol–water partition coefficient (Wildman–Crippen LogP) is 2.55. The van der Waals surface area contributed by atoms with E-state index in [1.807, 2.05) is 0 Å². The fourth-order valence-electron chi connectivity index (χ4n) is 1.43. The molecule has 2 atom stereocenters. The predicted molar refractivity (Wildman–Crippen MR) is 60.6 cm³/mol. The zero-order valence-corrected chi connectivity index (χ0v) is 11.2. The van der Waals surface area contributed by atoms with Crippen LogP contribution in [0.4, 0.5) is 18.0 Å². The van der Waals surface area contributed by atoms with Gasteiger partial charge >= 0.3 is 18.2 Å². The molecule has 0 saturated carbocycles. The molecule has 0 fully saturated rings. The normalized spacial score (nSPS) is 15.5. The van der Waals surface area contributed by atoms with Crippen LogP contribution in [0.5, 0.6) is 0 Å². The molecule has 0 rings (SSSR count). The highest BCUT2D eigenvalue weighted by molar-refractivity contribution is 5.80. The zero-order valence-electron chi connectivity index (χ0n) is 11.2. The molecule has 5 nitrogen and oxygen atoms in total. The fourth-order valence-corrected chi connectivity index (χ4v) is 1.43. The topological polar surface area (TPSA) is 75.6 Å². The molecule has 0 aliphatic carbocycles. The summed E-state index contributed by atoms with van der Waals surface area (Å²) in [4.78, 5) is 22.2. The van der Waals surface area contributed by atoms with E-state index in [-0.39, 0.29) is 0 Å². The standard InChI is InChI=1S/C11H18F3NO4/c1-5-6(11(12,13)14)7(8(16)17)15-9(18)19-10(2,3)4/h6-7H,5H2,1-4H3,(H,15,18)(H,16,17). The molecular formula is C11H18F3NO4. The minimum Gasteiger partial charge on any atom is -0.480 e. The van der Waals surface area contributed by atoms with E-state index in [9.17, 15) is 22.8 Å². The van der Waals surface area contributed by atoms with Gasteiger partial charge in [-0.1, -0.05) is 6.92 Å². The van der Waals surface area contributed by atoms with Crippen LogP contribution in [-0.2, 0) is 9.53 Å². The van der Waals surface area contributed by atoms with Crippen LogP contribution in [0, 0.1) is 5.92 Å². The third-order valence-corrected chi connectivity index (χ3v) is 2.20. The van der Waals surface area contributed by atoms with Gasteiger partial charge in [-0.3, -0.25) is 0 Å². The first-order chi connectivity index (χ1) is 8.38. The lowest BCUT2D eigenvalue weighted by molar-refractivity contribution is -0.190. The summed E-state index contributed by atoms with van der Waals surface area (Å²) in [6.07, 6.45) is -6.37. The Kier molecular flexibility index (Phi) is 5.64. The molecule has 2 unspecified atom stereocenters. The number of ether oxygens (including phenoxy) is 1. The Morgan fingerprint density at radius 3 is 2.00 bits per heavy atom. The van der Waals surface area contributed by atoms with E-state index in [2.05, 4.69) is 0 Å². The number of halogens is 3. The highest BCUT2D eigenvalue weighted by Gasteiger charge is 2.47. The first-order valence-electron chi connectivity index (χ1n) is 5.67. The molecule has 1 amide bonds. The highest BCUT2D eigenvalue weighted by atomic mass is 19.4. The van der Waals surface area contributed by atoms with Gasteiger partial charge in [0, 0.05) is 0 Å². The average molecular weight is 285 g/mol. The second kappa shape index (κ2) is 6.12. The van der Waals surface area contributed by atoms with E-state index in [4.69, 9.17) is 9.84 Å². The first kappa shape index (κ1) is 17.5. The maximum absolute atomic E-state index is 12.7. The van der Waals surface area contributed by atoms with Crippen molar-refractivity contribution < 1.29 is 32.6 Å². The molecule has 0 aliphatic rings. The Bertz CT molecular complexity index is 336. The number of hydrogen-bond acceptors (Lipinski definition) is 3. The van der Waals surface area contributed by atoms with Gasteiger partial charge in [0.25, 0.3) is 0 Å². The molecule has 0 aliphatic heterocycles. The van der Waals surface area contributed by atoms with Gasteiger partial charge in [0.2, 0.25) is 0 Å². The van der Waals surface area contributed by atoms with Gasteiger partial charge in [0.15, 0.2) is 0 Å². The number of rotatable bonds is 4. The molecule has 0 saturated heterocycles. The number of alkyl halides is 3. The average Bonchev–Trinajstić information content (AvgIpc) is 2.11. The molecule has 19 heavy (non-hydrogen) atoms. The minimum absolute atomic E-state index is 0.462. The third-order valence-electron chi connectivity index (χ3n) is 2.20. The van der Waals surface area contributed by atoms with Gasteiger partial charge in [0.1, 0.15) is 11.6 Å². The molecule has 0 radical (unpaired) electrons. The van der Waals surface area contributed by atoms with E-state index in [1.165, 1.54) is 27.7 Å². The summed E-state index contributed by atoms with van der Waals surface area (Å²) in [5.74, 6) is -3.92. The number of nitrogens with one attached hydrogen (secondary N) is 1. The largest absolute Gasteiger partial charge is 0.480 e. The summed E-state index contributed by atoms with van der Waals surface area (Å²) in [6, 6.07) is -2.07. The van der Waals surface area contributed by atoms with Crippen LogP contribution in [0.1, 0.15) is 34.1 Å². The van der Waals surface area contributed by atoms with Crippen LogP contribution >= 0.6 is 0 Å². The lowest BCUT2D eigenvalue weighted by Crippen LogP contribution is -2.51. The molecule has 8 heteroatoms. The molecule has 0 aromatic carbocycles.